The lowest BCUT2D eigenvalue weighted by Crippen LogP contribution is -2.30. The van der Waals surface area contributed by atoms with E-state index in [2.05, 4.69) is 42.4 Å². The molecule has 1 saturated carbocycles. The fourth-order valence-corrected chi connectivity index (χ4v) is 2.60. The van der Waals surface area contributed by atoms with E-state index < -0.39 is 0 Å². The van der Waals surface area contributed by atoms with E-state index in [-0.39, 0.29) is 0 Å². The summed E-state index contributed by atoms with van der Waals surface area (Å²) in [7, 11) is 4.09. The molecule has 0 aliphatic heterocycles. The van der Waals surface area contributed by atoms with Gasteiger partial charge in [-0.2, -0.15) is 0 Å². The van der Waals surface area contributed by atoms with Crippen molar-refractivity contribution in [2.45, 2.75) is 32.4 Å². The molecule has 2 rings (SSSR count). The normalized spacial score (nSPS) is 16.9. The summed E-state index contributed by atoms with van der Waals surface area (Å²) in [6, 6.07) is 6.92. The van der Waals surface area contributed by atoms with Gasteiger partial charge in [-0.1, -0.05) is 17.7 Å². The van der Waals surface area contributed by atoms with Gasteiger partial charge in [-0.25, -0.2) is 0 Å². The van der Waals surface area contributed by atoms with Crippen molar-refractivity contribution >= 4 is 17.3 Å². The lowest BCUT2D eigenvalue weighted by atomic mass is 10.1. The minimum absolute atomic E-state index is 0.586. The lowest BCUT2D eigenvalue weighted by Gasteiger charge is -2.28. The molecule has 1 aliphatic carbocycles. The van der Waals surface area contributed by atoms with Crippen LogP contribution in [0.15, 0.2) is 18.2 Å². The van der Waals surface area contributed by atoms with Crippen molar-refractivity contribution in [1.82, 2.24) is 5.32 Å². The topological polar surface area (TPSA) is 15.3 Å². The van der Waals surface area contributed by atoms with Crippen molar-refractivity contribution in [1.29, 1.82) is 0 Å². The third kappa shape index (κ3) is 2.93. The van der Waals surface area contributed by atoms with Crippen LogP contribution in [0.2, 0.25) is 5.02 Å². The molecule has 3 heteroatoms. The van der Waals surface area contributed by atoms with Gasteiger partial charge in [-0.05, 0) is 50.4 Å². The first-order valence-electron chi connectivity index (χ1n) is 6.29. The Hall–Kier alpha value is -0.730. The molecule has 94 valence electrons. The molecular formula is C14H21ClN2. The summed E-state index contributed by atoms with van der Waals surface area (Å²) in [6.45, 7) is 3.15. The molecular weight excluding hydrogens is 232 g/mol. The molecule has 0 spiro atoms. The molecule has 0 bridgehead atoms. The molecule has 1 N–H and O–H groups in total. The molecule has 0 amide bonds. The number of hydrogen-bond acceptors (Lipinski definition) is 2. The van der Waals surface area contributed by atoms with Gasteiger partial charge >= 0.3 is 0 Å². The number of rotatable bonds is 5. The van der Waals surface area contributed by atoms with Crippen LogP contribution in [-0.2, 0) is 6.54 Å². The molecule has 1 fully saturated rings. The van der Waals surface area contributed by atoms with Crippen molar-refractivity contribution in [3.8, 4) is 0 Å². The maximum Gasteiger partial charge on any atom is 0.0642 e. The molecule has 0 heterocycles. The third-order valence-corrected chi connectivity index (χ3v) is 3.99. The first-order valence-corrected chi connectivity index (χ1v) is 6.67. The van der Waals surface area contributed by atoms with Crippen LogP contribution in [-0.4, -0.2) is 20.1 Å². The van der Waals surface area contributed by atoms with E-state index >= 15 is 0 Å². The summed E-state index contributed by atoms with van der Waals surface area (Å²) in [5.74, 6) is 0.855. The zero-order chi connectivity index (χ0) is 12.4. The van der Waals surface area contributed by atoms with Gasteiger partial charge in [-0.15, -0.1) is 0 Å². The molecule has 17 heavy (non-hydrogen) atoms. The Morgan fingerprint density at radius 3 is 2.71 bits per heavy atom. The Bertz CT molecular complexity index is 388. The second-order valence-electron chi connectivity index (χ2n) is 5.01. The molecule has 1 aliphatic rings. The molecule has 1 aromatic carbocycles. The number of hydrogen-bond donors (Lipinski definition) is 1. The zero-order valence-corrected chi connectivity index (χ0v) is 11.6. The maximum atomic E-state index is 6.36. The number of halogens is 1. The second-order valence-corrected chi connectivity index (χ2v) is 5.41. The van der Waals surface area contributed by atoms with Crippen LogP contribution in [0.1, 0.15) is 25.3 Å². The monoisotopic (exact) mass is 252 g/mol. The highest BCUT2D eigenvalue weighted by atomic mass is 35.5. The first-order chi connectivity index (χ1) is 8.13. The van der Waals surface area contributed by atoms with Crippen LogP contribution in [0.3, 0.4) is 0 Å². The van der Waals surface area contributed by atoms with Crippen LogP contribution < -0.4 is 10.2 Å². The quantitative estimate of drug-likeness (QED) is 0.865. The number of nitrogens with zero attached hydrogens (tertiary/aromatic N) is 1. The molecule has 0 aromatic heterocycles. The third-order valence-electron chi connectivity index (χ3n) is 3.69. The van der Waals surface area contributed by atoms with E-state index in [1.807, 2.05) is 7.05 Å². The Labute approximate surface area is 109 Å². The summed E-state index contributed by atoms with van der Waals surface area (Å²) in [5, 5.41) is 3.99. The van der Waals surface area contributed by atoms with Crippen molar-refractivity contribution in [2.24, 2.45) is 5.92 Å². The van der Waals surface area contributed by atoms with E-state index in [0.29, 0.717) is 6.04 Å². The van der Waals surface area contributed by atoms with Gasteiger partial charge in [0.15, 0.2) is 0 Å². The Morgan fingerprint density at radius 2 is 2.18 bits per heavy atom. The highest BCUT2D eigenvalue weighted by Crippen LogP contribution is 2.38. The summed E-state index contributed by atoms with van der Waals surface area (Å²) < 4.78 is 0. The largest absolute Gasteiger partial charge is 0.370 e. The SMILES string of the molecule is CNCc1ccc(N(C)C(C)C2CC2)c(Cl)c1. The average molecular weight is 253 g/mol. The summed E-state index contributed by atoms with van der Waals surface area (Å²) in [4.78, 5) is 2.31. The first kappa shape index (κ1) is 12.7. The van der Waals surface area contributed by atoms with Crippen molar-refractivity contribution in [3.63, 3.8) is 0 Å². The van der Waals surface area contributed by atoms with Crippen LogP contribution in [0.25, 0.3) is 0 Å². The van der Waals surface area contributed by atoms with Crippen molar-refractivity contribution in [3.05, 3.63) is 28.8 Å². The van der Waals surface area contributed by atoms with E-state index in [4.69, 9.17) is 11.6 Å². The average Bonchev–Trinajstić information content (AvgIpc) is 3.12. The van der Waals surface area contributed by atoms with Crippen LogP contribution in [0, 0.1) is 5.92 Å². The zero-order valence-electron chi connectivity index (χ0n) is 10.8. The van der Waals surface area contributed by atoms with E-state index in [1.165, 1.54) is 18.4 Å². The molecule has 2 nitrogen and oxygen atoms in total. The minimum atomic E-state index is 0.586. The second kappa shape index (κ2) is 5.28. The van der Waals surface area contributed by atoms with E-state index in [1.54, 1.807) is 0 Å². The van der Waals surface area contributed by atoms with Crippen molar-refractivity contribution < 1.29 is 0 Å². The molecule has 0 saturated heterocycles. The molecule has 1 atom stereocenters. The standard InChI is InChI=1S/C14H21ClN2/c1-10(12-5-6-12)17(3)14-7-4-11(9-16-2)8-13(14)15/h4,7-8,10,12,16H,5-6,9H2,1-3H3. The fourth-order valence-electron chi connectivity index (χ4n) is 2.26. The lowest BCUT2D eigenvalue weighted by molar-refractivity contribution is 0.609. The van der Waals surface area contributed by atoms with Crippen molar-refractivity contribution in [2.75, 3.05) is 19.0 Å². The van der Waals surface area contributed by atoms with Gasteiger partial charge in [-0.3, -0.25) is 0 Å². The van der Waals surface area contributed by atoms with E-state index in [9.17, 15) is 0 Å². The molecule has 1 aromatic rings. The van der Waals surface area contributed by atoms with Crippen LogP contribution >= 0.6 is 11.6 Å². The summed E-state index contributed by atoms with van der Waals surface area (Å²) in [6.07, 6.45) is 2.72. The van der Waals surface area contributed by atoms with Crippen LogP contribution in [0.4, 0.5) is 5.69 Å². The highest BCUT2D eigenvalue weighted by molar-refractivity contribution is 6.33. The fraction of sp³-hybridized carbons (Fsp3) is 0.571. The van der Waals surface area contributed by atoms with Gasteiger partial charge in [0.1, 0.15) is 0 Å². The Morgan fingerprint density at radius 1 is 1.47 bits per heavy atom. The predicted octanol–water partition coefficient (Wildman–Crippen LogP) is 3.29. The number of nitrogens with one attached hydrogen (secondary N) is 1. The van der Waals surface area contributed by atoms with Gasteiger partial charge in [0.2, 0.25) is 0 Å². The minimum Gasteiger partial charge on any atom is -0.370 e. The summed E-state index contributed by atoms with van der Waals surface area (Å²) >= 11 is 6.36. The Balaban J connectivity index is 2.14. The smallest absolute Gasteiger partial charge is 0.0642 e. The van der Waals surface area contributed by atoms with Crippen LogP contribution in [0.5, 0.6) is 0 Å². The summed E-state index contributed by atoms with van der Waals surface area (Å²) in [5.41, 5.74) is 2.37. The van der Waals surface area contributed by atoms with Gasteiger partial charge < -0.3 is 10.2 Å². The van der Waals surface area contributed by atoms with Gasteiger partial charge in [0, 0.05) is 19.6 Å². The van der Waals surface area contributed by atoms with Gasteiger partial charge in [0.05, 0.1) is 10.7 Å². The highest BCUT2D eigenvalue weighted by Gasteiger charge is 2.31. The Kier molecular flexibility index (Phi) is 3.95. The number of anilines is 1. The number of benzene rings is 1. The predicted molar refractivity (Wildman–Crippen MR) is 74.8 cm³/mol. The molecule has 1 unspecified atom stereocenters. The van der Waals surface area contributed by atoms with E-state index in [0.717, 1.165) is 23.2 Å². The maximum absolute atomic E-state index is 6.36. The van der Waals surface area contributed by atoms with Gasteiger partial charge in [0.25, 0.3) is 0 Å². The molecule has 0 radical (unpaired) electrons.